The van der Waals surface area contributed by atoms with Crippen LogP contribution in [0.2, 0.25) is 0 Å². The Hall–Kier alpha value is -1.89. The maximum absolute atomic E-state index is 4.59. The number of aromatic amines is 1. The molecule has 2 aliphatic rings. The van der Waals surface area contributed by atoms with Gasteiger partial charge in [0, 0.05) is 31.7 Å². The van der Waals surface area contributed by atoms with Crippen molar-refractivity contribution in [3.63, 3.8) is 0 Å². The minimum atomic E-state index is 0.460. The van der Waals surface area contributed by atoms with Gasteiger partial charge in [0.1, 0.15) is 5.52 Å². The van der Waals surface area contributed by atoms with E-state index in [0.29, 0.717) is 17.6 Å². The highest BCUT2D eigenvalue weighted by molar-refractivity contribution is 5.83. The zero-order valence-corrected chi connectivity index (χ0v) is 12.3. The van der Waals surface area contributed by atoms with Gasteiger partial charge in [-0.15, -0.1) is 0 Å². The topological polar surface area (TPSA) is 81.8 Å². The molecule has 7 nitrogen and oxygen atoms in total. The molecule has 3 N–H and O–H groups in total. The van der Waals surface area contributed by atoms with Crippen molar-refractivity contribution in [2.75, 3.05) is 30.3 Å². The molecule has 112 valence electrons. The van der Waals surface area contributed by atoms with Crippen LogP contribution < -0.4 is 10.6 Å². The SMILES string of the molecule is CCNc1nc(NC2CCN(C3CC3)C2)c2[nH]cnc2n1. The molecular formula is C14H21N7. The molecule has 0 radical (unpaired) electrons. The second kappa shape index (κ2) is 5.14. The van der Waals surface area contributed by atoms with Crippen LogP contribution in [0.25, 0.3) is 11.2 Å². The Balaban J connectivity index is 1.55. The lowest BCUT2D eigenvalue weighted by molar-refractivity contribution is 0.326. The van der Waals surface area contributed by atoms with Crippen molar-refractivity contribution in [2.45, 2.75) is 38.3 Å². The number of anilines is 2. The van der Waals surface area contributed by atoms with Gasteiger partial charge >= 0.3 is 0 Å². The Morgan fingerprint density at radius 1 is 1.33 bits per heavy atom. The Morgan fingerprint density at radius 2 is 2.24 bits per heavy atom. The maximum Gasteiger partial charge on any atom is 0.226 e. The first kappa shape index (κ1) is 12.8. The molecule has 0 spiro atoms. The van der Waals surface area contributed by atoms with E-state index in [9.17, 15) is 0 Å². The number of likely N-dealkylation sites (tertiary alicyclic amines) is 1. The fourth-order valence-corrected chi connectivity index (χ4v) is 3.04. The van der Waals surface area contributed by atoms with E-state index in [1.54, 1.807) is 6.33 Å². The number of hydrogen-bond acceptors (Lipinski definition) is 6. The summed E-state index contributed by atoms with van der Waals surface area (Å²) < 4.78 is 0. The lowest BCUT2D eigenvalue weighted by atomic mass is 10.2. The summed E-state index contributed by atoms with van der Waals surface area (Å²) in [5.74, 6) is 1.49. The number of nitrogens with one attached hydrogen (secondary N) is 3. The Morgan fingerprint density at radius 3 is 3.05 bits per heavy atom. The van der Waals surface area contributed by atoms with Crippen molar-refractivity contribution in [3.8, 4) is 0 Å². The molecule has 3 heterocycles. The van der Waals surface area contributed by atoms with Crippen molar-refractivity contribution < 1.29 is 0 Å². The molecular weight excluding hydrogens is 266 g/mol. The third-order valence-electron chi connectivity index (χ3n) is 4.24. The number of aromatic nitrogens is 4. The Bertz CT molecular complexity index is 633. The van der Waals surface area contributed by atoms with E-state index in [4.69, 9.17) is 0 Å². The molecule has 4 rings (SSSR count). The van der Waals surface area contributed by atoms with Crippen molar-refractivity contribution >= 4 is 22.9 Å². The molecule has 2 aromatic rings. The molecule has 2 fully saturated rings. The first-order chi connectivity index (χ1) is 10.3. The molecule has 0 amide bonds. The Kier molecular flexibility index (Phi) is 3.14. The summed E-state index contributed by atoms with van der Waals surface area (Å²) in [5.41, 5.74) is 1.60. The van der Waals surface area contributed by atoms with E-state index in [1.807, 2.05) is 6.92 Å². The number of rotatable bonds is 5. The Labute approximate surface area is 123 Å². The standard InChI is InChI=1S/C14H21N7/c1-2-15-14-19-12-11(16-8-17-12)13(20-14)18-9-5-6-21(7-9)10-3-4-10/h8-10H,2-7H2,1H3,(H3,15,16,17,18,19,20). The zero-order chi connectivity index (χ0) is 14.2. The normalized spacial score (nSPS) is 22.8. The van der Waals surface area contributed by atoms with Gasteiger partial charge < -0.3 is 15.6 Å². The molecule has 0 bridgehead atoms. The number of fused-ring (bicyclic) bond motifs is 1. The monoisotopic (exact) mass is 287 g/mol. The summed E-state index contributed by atoms with van der Waals surface area (Å²) >= 11 is 0. The fourth-order valence-electron chi connectivity index (χ4n) is 3.04. The summed E-state index contributed by atoms with van der Waals surface area (Å²) in [6.07, 6.45) is 5.59. The molecule has 1 saturated carbocycles. The van der Waals surface area contributed by atoms with Crippen LogP contribution in [0.4, 0.5) is 11.8 Å². The van der Waals surface area contributed by atoms with Crippen LogP contribution in [0.3, 0.4) is 0 Å². The minimum absolute atomic E-state index is 0.460. The molecule has 21 heavy (non-hydrogen) atoms. The van der Waals surface area contributed by atoms with Crippen LogP contribution in [-0.2, 0) is 0 Å². The van der Waals surface area contributed by atoms with Crippen LogP contribution >= 0.6 is 0 Å². The van der Waals surface area contributed by atoms with E-state index in [1.165, 1.54) is 25.8 Å². The molecule has 1 atom stereocenters. The smallest absolute Gasteiger partial charge is 0.226 e. The minimum Gasteiger partial charge on any atom is -0.364 e. The lowest BCUT2D eigenvalue weighted by Gasteiger charge is -2.16. The largest absolute Gasteiger partial charge is 0.364 e. The number of nitrogens with zero attached hydrogens (tertiary/aromatic N) is 4. The molecule has 1 saturated heterocycles. The zero-order valence-electron chi connectivity index (χ0n) is 12.3. The highest BCUT2D eigenvalue weighted by Gasteiger charge is 2.34. The average Bonchev–Trinajstić information content (AvgIpc) is 3.03. The summed E-state index contributed by atoms with van der Waals surface area (Å²) in [6, 6.07) is 1.30. The quantitative estimate of drug-likeness (QED) is 0.772. The first-order valence-electron chi connectivity index (χ1n) is 7.79. The van der Waals surface area contributed by atoms with Crippen LogP contribution in [0.15, 0.2) is 6.33 Å². The van der Waals surface area contributed by atoms with E-state index in [0.717, 1.165) is 30.5 Å². The fraction of sp³-hybridized carbons (Fsp3) is 0.643. The molecule has 1 aliphatic carbocycles. The van der Waals surface area contributed by atoms with Gasteiger partial charge in [0.05, 0.1) is 6.33 Å². The molecule has 2 aromatic heterocycles. The van der Waals surface area contributed by atoms with Gasteiger partial charge in [-0.25, -0.2) is 4.98 Å². The highest BCUT2D eigenvalue weighted by Crippen LogP contribution is 2.31. The highest BCUT2D eigenvalue weighted by atomic mass is 15.2. The van der Waals surface area contributed by atoms with Gasteiger partial charge in [-0.2, -0.15) is 9.97 Å². The van der Waals surface area contributed by atoms with E-state index >= 15 is 0 Å². The van der Waals surface area contributed by atoms with Crippen LogP contribution in [-0.4, -0.2) is 56.6 Å². The van der Waals surface area contributed by atoms with E-state index < -0.39 is 0 Å². The third-order valence-corrected chi connectivity index (χ3v) is 4.24. The van der Waals surface area contributed by atoms with Crippen LogP contribution in [0.5, 0.6) is 0 Å². The van der Waals surface area contributed by atoms with Gasteiger partial charge in [0.25, 0.3) is 0 Å². The predicted molar refractivity (Wildman–Crippen MR) is 82.5 cm³/mol. The van der Waals surface area contributed by atoms with E-state index in [-0.39, 0.29) is 0 Å². The molecule has 1 aliphatic heterocycles. The summed E-state index contributed by atoms with van der Waals surface area (Å²) in [5, 5.41) is 6.74. The van der Waals surface area contributed by atoms with Crippen molar-refractivity contribution in [2.24, 2.45) is 0 Å². The average molecular weight is 287 g/mol. The summed E-state index contributed by atoms with van der Waals surface area (Å²) in [7, 11) is 0. The number of H-pyrrole nitrogens is 1. The summed E-state index contributed by atoms with van der Waals surface area (Å²) in [6.45, 7) is 5.14. The van der Waals surface area contributed by atoms with Gasteiger partial charge in [0.2, 0.25) is 5.95 Å². The van der Waals surface area contributed by atoms with E-state index in [2.05, 4.69) is 35.5 Å². The predicted octanol–water partition coefficient (Wildman–Crippen LogP) is 1.43. The van der Waals surface area contributed by atoms with Crippen LogP contribution in [0, 0.1) is 0 Å². The molecule has 1 unspecified atom stereocenters. The second-order valence-electron chi connectivity index (χ2n) is 5.88. The van der Waals surface area contributed by atoms with Gasteiger partial charge in [-0.3, -0.25) is 4.90 Å². The van der Waals surface area contributed by atoms with Crippen molar-refractivity contribution in [1.82, 2.24) is 24.8 Å². The molecule has 7 heteroatoms. The van der Waals surface area contributed by atoms with Crippen molar-refractivity contribution in [1.29, 1.82) is 0 Å². The first-order valence-corrected chi connectivity index (χ1v) is 7.79. The molecule has 0 aromatic carbocycles. The summed E-state index contributed by atoms with van der Waals surface area (Å²) in [4.78, 5) is 19.0. The number of hydrogen-bond donors (Lipinski definition) is 3. The van der Waals surface area contributed by atoms with Gasteiger partial charge in [-0.05, 0) is 26.2 Å². The van der Waals surface area contributed by atoms with Crippen LogP contribution in [0.1, 0.15) is 26.2 Å². The second-order valence-corrected chi connectivity index (χ2v) is 5.88. The lowest BCUT2D eigenvalue weighted by Crippen LogP contribution is -2.28. The maximum atomic E-state index is 4.59. The van der Waals surface area contributed by atoms with Crippen molar-refractivity contribution in [3.05, 3.63) is 6.33 Å². The number of imidazole rings is 1. The van der Waals surface area contributed by atoms with Gasteiger partial charge in [0.15, 0.2) is 11.5 Å². The third kappa shape index (κ3) is 2.53. The van der Waals surface area contributed by atoms with Gasteiger partial charge in [-0.1, -0.05) is 0 Å².